The fraction of sp³-hybridized carbons (Fsp3) is 0.867. The number of aliphatic hydroxyl groups is 4. The first-order chi connectivity index (χ1) is 8.72. The maximum Gasteiger partial charge on any atom is 0.0877 e. The van der Waals surface area contributed by atoms with Crippen LogP contribution in [-0.4, -0.2) is 44.8 Å². The van der Waals surface area contributed by atoms with Gasteiger partial charge < -0.3 is 20.4 Å². The molecule has 0 aromatic heterocycles. The van der Waals surface area contributed by atoms with Gasteiger partial charge in [-0.15, -0.1) is 0 Å². The van der Waals surface area contributed by atoms with E-state index in [4.69, 9.17) is 0 Å². The summed E-state index contributed by atoms with van der Waals surface area (Å²) in [5.41, 5.74) is -0.488. The highest BCUT2D eigenvalue weighted by molar-refractivity contribution is 5.18. The van der Waals surface area contributed by atoms with E-state index in [9.17, 15) is 20.4 Å². The van der Waals surface area contributed by atoms with Crippen LogP contribution in [0.2, 0.25) is 0 Å². The van der Waals surface area contributed by atoms with Crippen molar-refractivity contribution in [2.75, 3.05) is 6.61 Å². The molecule has 6 atom stereocenters. The highest BCUT2D eigenvalue weighted by atomic mass is 16.3. The van der Waals surface area contributed by atoms with Gasteiger partial charge >= 0.3 is 0 Å². The largest absolute Gasteiger partial charge is 0.393 e. The van der Waals surface area contributed by atoms with E-state index < -0.39 is 17.8 Å². The van der Waals surface area contributed by atoms with Crippen LogP contribution >= 0.6 is 0 Å². The molecule has 4 nitrogen and oxygen atoms in total. The quantitative estimate of drug-likeness (QED) is 0.560. The molecule has 0 heterocycles. The molecule has 2 aliphatic carbocycles. The molecule has 4 N–H and O–H groups in total. The Morgan fingerprint density at radius 3 is 2.63 bits per heavy atom. The first-order valence-corrected chi connectivity index (χ1v) is 7.09. The van der Waals surface area contributed by atoms with Crippen molar-refractivity contribution in [3.05, 3.63) is 12.2 Å². The van der Waals surface area contributed by atoms with Crippen LogP contribution in [0, 0.1) is 17.3 Å². The Balaban J connectivity index is 2.22. The highest BCUT2D eigenvalue weighted by Crippen LogP contribution is 2.54. The minimum atomic E-state index is -1.08. The fourth-order valence-electron chi connectivity index (χ4n) is 3.97. The van der Waals surface area contributed by atoms with Crippen molar-refractivity contribution >= 4 is 0 Å². The molecule has 0 bridgehead atoms. The van der Waals surface area contributed by atoms with E-state index in [1.807, 2.05) is 6.92 Å². The van der Waals surface area contributed by atoms with Gasteiger partial charge in [0.15, 0.2) is 0 Å². The first kappa shape index (κ1) is 15.0. The smallest absolute Gasteiger partial charge is 0.0877 e. The van der Waals surface area contributed by atoms with E-state index in [2.05, 4.69) is 6.58 Å². The summed E-state index contributed by atoms with van der Waals surface area (Å²) in [6.07, 6.45) is 1.15. The molecule has 2 fully saturated rings. The molecule has 110 valence electrons. The Bertz CT molecular complexity index is 365. The number of fused-ring (bicyclic) bond motifs is 1. The lowest BCUT2D eigenvalue weighted by atomic mass is 9.53. The second-order valence-electron chi connectivity index (χ2n) is 6.92. The topological polar surface area (TPSA) is 80.9 Å². The van der Waals surface area contributed by atoms with Crippen LogP contribution in [0.4, 0.5) is 0 Å². The van der Waals surface area contributed by atoms with Gasteiger partial charge in [0.1, 0.15) is 0 Å². The normalized spacial score (nSPS) is 46.5. The third-order valence-electron chi connectivity index (χ3n) is 5.55. The van der Waals surface area contributed by atoms with E-state index in [1.165, 1.54) is 0 Å². The standard InChI is InChI=1S/C15H26O4/c1-9-6-12(17)13(18)14(2)5-4-10(7-11(9)14)15(3,19)8-16/h10-13,16-19H,1,4-8H2,2-3H3/t10-,11+,12+,13-,14-,15?/m0/s1. The molecule has 2 saturated carbocycles. The molecule has 1 unspecified atom stereocenters. The molecule has 0 amide bonds. The second kappa shape index (κ2) is 4.85. The van der Waals surface area contributed by atoms with Gasteiger partial charge in [-0.1, -0.05) is 19.1 Å². The summed E-state index contributed by atoms with van der Waals surface area (Å²) in [6, 6.07) is 0. The average Bonchev–Trinajstić information content (AvgIpc) is 2.36. The number of aliphatic hydroxyl groups excluding tert-OH is 3. The molecule has 0 aromatic rings. The van der Waals surface area contributed by atoms with Crippen molar-refractivity contribution in [1.82, 2.24) is 0 Å². The third kappa shape index (κ3) is 2.35. The SMILES string of the molecule is C=C1C[C@@H](O)[C@H](O)[C@@]2(C)CC[C@H](C(C)(O)CO)C[C@H]12. The zero-order valence-corrected chi connectivity index (χ0v) is 11.8. The summed E-state index contributed by atoms with van der Waals surface area (Å²) in [6.45, 7) is 7.47. The molecule has 19 heavy (non-hydrogen) atoms. The predicted octanol–water partition coefficient (Wildman–Crippen LogP) is 0.834. The van der Waals surface area contributed by atoms with Gasteiger partial charge in [0, 0.05) is 5.41 Å². The lowest BCUT2D eigenvalue weighted by Crippen LogP contribution is -2.55. The van der Waals surface area contributed by atoms with Crippen molar-refractivity contribution in [2.45, 2.75) is 57.3 Å². The van der Waals surface area contributed by atoms with Gasteiger partial charge in [0.25, 0.3) is 0 Å². The minimum absolute atomic E-state index is 0.00904. The van der Waals surface area contributed by atoms with Gasteiger partial charge in [-0.25, -0.2) is 0 Å². The average molecular weight is 270 g/mol. The Morgan fingerprint density at radius 1 is 1.42 bits per heavy atom. The van der Waals surface area contributed by atoms with Gasteiger partial charge in [-0.05, 0) is 44.4 Å². The molecule has 0 radical (unpaired) electrons. The van der Waals surface area contributed by atoms with Crippen molar-refractivity contribution in [3.8, 4) is 0 Å². The fourth-order valence-corrected chi connectivity index (χ4v) is 3.97. The lowest BCUT2D eigenvalue weighted by Gasteiger charge is -2.54. The summed E-state index contributed by atoms with van der Waals surface area (Å²) < 4.78 is 0. The van der Waals surface area contributed by atoms with Crippen LogP contribution in [0.3, 0.4) is 0 Å². The maximum atomic E-state index is 10.3. The Hall–Kier alpha value is -0.420. The molecule has 0 spiro atoms. The van der Waals surface area contributed by atoms with Crippen LogP contribution in [0.5, 0.6) is 0 Å². The van der Waals surface area contributed by atoms with Crippen LogP contribution in [0.1, 0.15) is 39.5 Å². The minimum Gasteiger partial charge on any atom is -0.393 e. The second-order valence-corrected chi connectivity index (χ2v) is 6.92. The van der Waals surface area contributed by atoms with Crippen molar-refractivity contribution in [2.24, 2.45) is 17.3 Å². The molecule has 0 saturated heterocycles. The number of hydrogen-bond donors (Lipinski definition) is 4. The van der Waals surface area contributed by atoms with Crippen molar-refractivity contribution in [3.63, 3.8) is 0 Å². The summed E-state index contributed by atoms with van der Waals surface area (Å²) in [4.78, 5) is 0. The van der Waals surface area contributed by atoms with Crippen LogP contribution in [-0.2, 0) is 0 Å². The third-order valence-corrected chi connectivity index (χ3v) is 5.55. The van der Waals surface area contributed by atoms with Crippen molar-refractivity contribution in [1.29, 1.82) is 0 Å². The maximum absolute atomic E-state index is 10.3. The molecule has 0 aliphatic heterocycles. The van der Waals surface area contributed by atoms with E-state index in [0.717, 1.165) is 18.4 Å². The zero-order valence-electron chi connectivity index (χ0n) is 11.8. The molecule has 2 rings (SSSR count). The van der Waals surface area contributed by atoms with Gasteiger partial charge in [-0.2, -0.15) is 0 Å². The van der Waals surface area contributed by atoms with E-state index >= 15 is 0 Å². The van der Waals surface area contributed by atoms with Gasteiger partial charge in [0.2, 0.25) is 0 Å². The Labute approximate surface area is 114 Å². The Morgan fingerprint density at radius 2 is 2.05 bits per heavy atom. The van der Waals surface area contributed by atoms with Crippen LogP contribution in [0.25, 0.3) is 0 Å². The highest BCUT2D eigenvalue weighted by Gasteiger charge is 2.53. The molecule has 4 heteroatoms. The number of rotatable bonds is 2. The monoisotopic (exact) mass is 270 g/mol. The molecular formula is C15H26O4. The van der Waals surface area contributed by atoms with Gasteiger partial charge in [0.05, 0.1) is 24.4 Å². The van der Waals surface area contributed by atoms with E-state index in [-0.39, 0.29) is 23.9 Å². The van der Waals surface area contributed by atoms with Crippen molar-refractivity contribution < 1.29 is 20.4 Å². The van der Waals surface area contributed by atoms with Gasteiger partial charge in [-0.3, -0.25) is 0 Å². The summed E-state index contributed by atoms with van der Waals surface area (Å²) in [5, 5.41) is 39.8. The molecule has 2 aliphatic rings. The number of hydrogen-bond acceptors (Lipinski definition) is 4. The van der Waals surface area contributed by atoms with E-state index in [0.29, 0.717) is 12.8 Å². The molecule has 0 aromatic carbocycles. The molecular weight excluding hydrogens is 244 g/mol. The van der Waals surface area contributed by atoms with Crippen LogP contribution in [0.15, 0.2) is 12.2 Å². The summed E-state index contributed by atoms with van der Waals surface area (Å²) in [7, 11) is 0. The predicted molar refractivity (Wildman–Crippen MR) is 72.4 cm³/mol. The zero-order chi connectivity index (χ0) is 14.4. The van der Waals surface area contributed by atoms with E-state index in [1.54, 1.807) is 6.92 Å². The summed E-state index contributed by atoms with van der Waals surface area (Å²) in [5.74, 6) is 0.109. The summed E-state index contributed by atoms with van der Waals surface area (Å²) >= 11 is 0. The first-order valence-electron chi connectivity index (χ1n) is 7.09. The lowest BCUT2D eigenvalue weighted by molar-refractivity contribution is -0.141. The van der Waals surface area contributed by atoms with Crippen LogP contribution < -0.4 is 0 Å². The Kier molecular flexibility index (Phi) is 3.82.